The molecule has 2 aromatic carbocycles. The summed E-state index contributed by atoms with van der Waals surface area (Å²) in [6.07, 6.45) is 1.34. The minimum atomic E-state index is -0.358. The first-order valence-corrected chi connectivity index (χ1v) is 8.16. The highest BCUT2D eigenvalue weighted by Gasteiger charge is 2.10. The molecule has 7 heteroatoms. The number of nitrogens with zero attached hydrogens (tertiary/aromatic N) is 3. The van der Waals surface area contributed by atoms with E-state index in [0.29, 0.717) is 16.1 Å². The molecule has 1 aromatic heterocycles. The van der Waals surface area contributed by atoms with E-state index in [0.717, 1.165) is 23.4 Å². The number of nitrogens with one attached hydrogen (secondary N) is 1. The van der Waals surface area contributed by atoms with E-state index in [1.54, 1.807) is 24.3 Å². The topological polar surface area (TPSA) is 79.5 Å². The normalized spacial score (nSPS) is 11.3. The van der Waals surface area contributed by atoms with Gasteiger partial charge in [-0.1, -0.05) is 11.6 Å². The fraction of sp³-hybridized carbons (Fsp3) is 0.167. The monoisotopic (exact) mass is 356 g/mol. The van der Waals surface area contributed by atoms with E-state index in [-0.39, 0.29) is 11.7 Å². The van der Waals surface area contributed by atoms with Crippen LogP contribution in [0, 0.1) is 6.92 Å². The van der Waals surface area contributed by atoms with E-state index in [1.165, 1.54) is 12.3 Å². The van der Waals surface area contributed by atoms with Crippen molar-refractivity contribution in [3.8, 4) is 5.75 Å². The summed E-state index contributed by atoms with van der Waals surface area (Å²) in [5, 5.41) is 14.1. The average Bonchev–Trinajstić information content (AvgIpc) is 2.91. The number of hydrazone groups is 1. The van der Waals surface area contributed by atoms with Gasteiger partial charge in [0.1, 0.15) is 11.6 Å². The molecule has 1 heterocycles. The number of phenols is 1. The van der Waals surface area contributed by atoms with E-state index in [9.17, 15) is 9.90 Å². The molecule has 3 rings (SSSR count). The van der Waals surface area contributed by atoms with Gasteiger partial charge in [-0.05, 0) is 50.2 Å². The third-order valence-corrected chi connectivity index (χ3v) is 4.11. The molecule has 25 heavy (non-hydrogen) atoms. The summed E-state index contributed by atoms with van der Waals surface area (Å²) in [6.45, 7) is 4.81. The Labute approximate surface area is 149 Å². The van der Waals surface area contributed by atoms with Crippen LogP contribution in [0.15, 0.2) is 41.5 Å². The molecular weight excluding hydrogens is 340 g/mol. The van der Waals surface area contributed by atoms with Gasteiger partial charge >= 0.3 is 0 Å². The molecule has 0 radical (unpaired) electrons. The summed E-state index contributed by atoms with van der Waals surface area (Å²) >= 11 is 5.87. The Morgan fingerprint density at radius 3 is 2.92 bits per heavy atom. The van der Waals surface area contributed by atoms with Crippen LogP contribution < -0.4 is 5.43 Å². The summed E-state index contributed by atoms with van der Waals surface area (Å²) in [5.74, 6) is 0.581. The SMILES string of the molecule is CCn1c(C)nc2cc(C(=O)N/N=C/c3cc(Cl)ccc3O)ccc21. The number of halogens is 1. The lowest BCUT2D eigenvalue weighted by Crippen LogP contribution is -2.17. The first kappa shape index (κ1) is 17.0. The van der Waals surface area contributed by atoms with Crippen molar-refractivity contribution in [1.29, 1.82) is 0 Å². The number of rotatable bonds is 4. The van der Waals surface area contributed by atoms with Gasteiger partial charge in [0.05, 0.1) is 17.2 Å². The lowest BCUT2D eigenvalue weighted by Gasteiger charge is -2.03. The second-order valence-corrected chi connectivity index (χ2v) is 5.95. The van der Waals surface area contributed by atoms with Crippen molar-refractivity contribution in [1.82, 2.24) is 15.0 Å². The Hall–Kier alpha value is -2.86. The molecule has 0 aliphatic carbocycles. The van der Waals surface area contributed by atoms with Crippen LogP contribution in [0.4, 0.5) is 0 Å². The van der Waals surface area contributed by atoms with Crippen LogP contribution >= 0.6 is 11.6 Å². The molecule has 3 aromatic rings. The predicted molar refractivity (Wildman–Crippen MR) is 98.3 cm³/mol. The van der Waals surface area contributed by atoms with Gasteiger partial charge in [-0.3, -0.25) is 4.79 Å². The van der Waals surface area contributed by atoms with Crippen LogP contribution in [0.5, 0.6) is 5.75 Å². The van der Waals surface area contributed by atoms with Crippen LogP contribution in [-0.2, 0) is 6.54 Å². The Morgan fingerprint density at radius 1 is 1.36 bits per heavy atom. The first-order chi connectivity index (χ1) is 12.0. The second-order valence-electron chi connectivity index (χ2n) is 5.51. The van der Waals surface area contributed by atoms with Crippen LogP contribution in [0.1, 0.15) is 28.7 Å². The molecule has 0 aliphatic heterocycles. The maximum absolute atomic E-state index is 12.2. The quantitative estimate of drug-likeness (QED) is 0.554. The molecule has 0 spiro atoms. The highest BCUT2D eigenvalue weighted by atomic mass is 35.5. The van der Waals surface area contributed by atoms with Gasteiger partial charge in [0.25, 0.3) is 5.91 Å². The third kappa shape index (κ3) is 3.49. The number of aromatic nitrogens is 2. The van der Waals surface area contributed by atoms with E-state index in [4.69, 9.17) is 11.6 Å². The minimum absolute atomic E-state index is 0.0319. The standard InChI is InChI=1S/C18H17ClN4O2/c1-3-23-11(2)21-15-9-12(4-6-16(15)23)18(25)22-20-10-13-8-14(19)5-7-17(13)24/h4-10,24H,3H2,1-2H3,(H,22,25)/b20-10+. The Kier molecular flexibility index (Phi) is 4.72. The largest absolute Gasteiger partial charge is 0.507 e. The maximum atomic E-state index is 12.2. The summed E-state index contributed by atoms with van der Waals surface area (Å²) in [5.41, 5.74) is 5.07. The van der Waals surface area contributed by atoms with Crippen LogP contribution in [0.25, 0.3) is 11.0 Å². The smallest absolute Gasteiger partial charge is 0.271 e. The fourth-order valence-corrected chi connectivity index (χ4v) is 2.82. The molecular formula is C18H17ClN4O2. The van der Waals surface area contributed by atoms with Gasteiger partial charge in [-0.15, -0.1) is 0 Å². The van der Waals surface area contributed by atoms with Crippen molar-refractivity contribution in [3.63, 3.8) is 0 Å². The van der Waals surface area contributed by atoms with Crippen molar-refractivity contribution < 1.29 is 9.90 Å². The number of hydrogen-bond acceptors (Lipinski definition) is 4. The molecule has 0 saturated carbocycles. The maximum Gasteiger partial charge on any atom is 0.271 e. The Morgan fingerprint density at radius 2 is 2.16 bits per heavy atom. The lowest BCUT2D eigenvalue weighted by atomic mass is 10.2. The number of carbonyl (C=O) groups excluding carboxylic acids is 1. The van der Waals surface area contributed by atoms with Crippen molar-refractivity contribution in [2.75, 3.05) is 0 Å². The number of imidazole rings is 1. The van der Waals surface area contributed by atoms with E-state index >= 15 is 0 Å². The number of hydrogen-bond donors (Lipinski definition) is 2. The number of aromatic hydroxyl groups is 1. The number of benzene rings is 2. The highest BCUT2D eigenvalue weighted by molar-refractivity contribution is 6.30. The van der Waals surface area contributed by atoms with Gasteiger partial charge in [-0.2, -0.15) is 5.10 Å². The molecule has 0 bridgehead atoms. The predicted octanol–water partition coefficient (Wildman–Crippen LogP) is 3.49. The van der Waals surface area contributed by atoms with E-state index in [1.807, 2.05) is 13.0 Å². The number of amides is 1. The lowest BCUT2D eigenvalue weighted by molar-refractivity contribution is 0.0955. The number of aryl methyl sites for hydroxylation is 2. The van der Waals surface area contributed by atoms with E-state index in [2.05, 4.69) is 27.0 Å². The van der Waals surface area contributed by atoms with Crippen molar-refractivity contribution in [2.24, 2.45) is 5.10 Å². The molecule has 0 fully saturated rings. The van der Waals surface area contributed by atoms with Gasteiger partial charge in [0.15, 0.2) is 0 Å². The van der Waals surface area contributed by atoms with Crippen LogP contribution in [-0.4, -0.2) is 26.8 Å². The van der Waals surface area contributed by atoms with Crippen LogP contribution in [0.3, 0.4) is 0 Å². The zero-order valence-corrected chi connectivity index (χ0v) is 14.6. The number of phenolic OH excluding ortho intramolecular Hbond substituents is 1. The Balaban J connectivity index is 1.78. The molecule has 0 unspecified atom stereocenters. The van der Waals surface area contributed by atoms with Crippen molar-refractivity contribution in [2.45, 2.75) is 20.4 Å². The molecule has 0 aliphatic rings. The Bertz CT molecular complexity index is 979. The average molecular weight is 357 g/mol. The minimum Gasteiger partial charge on any atom is -0.507 e. The fourth-order valence-electron chi connectivity index (χ4n) is 2.64. The molecule has 2 N–H and O–H groups in total. The van der Waals surface area contributed by atoms with E-state index < -0.39 is 0 Å². The molecule has 1 amide bonds. The molecule has 128 valence electrons. The summed E-state index contributed by atoms with van der Waals surface area (Å²) in [6, 6.07) is 9.93. The second kappa shape index (κ2) is 6.94. The van der Waals surface area contributed by atoms with Gasteiger partial charge in [0.2, 0.25) is 0 Å². The molecule has 0 atom stereocenters. The van der Waals surface area contributed by atoms with Crippen molar-refractivity contribution >= 4 is 34.8 Å². The number of fused-ring (bicyclic) bond motifs is 1. The zero-order chi connectivity index (χ0) is 18.0. The first-order valence-electron chi connectivity index (χ1n) is 7.78. The van der Waals surface area contributed by atoms with Gasteiger partial charge in [-0.25, -0.2) is 10.4 Å². The molecule has 6 nitrogen and oxygen atoms in total. The van der Waals surface area contributed by atoms with Crippen molar-refractivity contribution in [3.05, 3.63) is 58.4 Å². The summed E-state index contributed by atoms with van der Waals surface area (Å²) in [4.78, 5) is 16.7. The van der Waals surface area contributed by atoms with Crippen LogP contribution in [0.2, 0.25) is 5.02 Å². The van der Waals surface area contributed by atoms with Gasteiger partial charge in [0, 0.05) is 22.7 Å². The summed E-state index contributed by atoms with van der Waals surface area (Å²) < 4.78 is 2.08. The summed E-state index contributed by atoms with van der Waals surface area (Å²) in [7, 11) is 0. The number of carbonyl (C=O) groups is 1. The zero-order valence-electron chi connectivity index (χ0n) is 13.8. The third-order valence-electron chi connectivity index (χ3n) is 3.88. The molecule has 0 saturated heterocycles. The van der Waals surface area contributed by atoms with Gasteiger partial charge < -0.3 is 9.67 Å². The highest BCUT2D eigenvalue weighted by Crippen LogP contribution is 2.20.